The van der Waals surface area contributed by atoms with Crippen molar-refractivity contribution in [2.45, 2.75) is 18.9 Å². The first-order valence-corrected chi connectivity index (χ1v) is 5.50. The molecule has 0 aromatic heterocycles. The maximum Gasteiger partial charge on any atom is 0.0477 e. The molecule has 3 heteroatoms. The van der Waals surface area contributed by atoms with Crippen molar-refractivity contribution in [3.05, 3.63) is 34.3 Å². The first kappa shape index (κ1) is 11.7. The molecular formula is C11H16BrNO. The molecule has 0 aliphatic heterocycles. The normalized spacial score (nSPS) is 12.8. The molecule has 78 valence electrons. The Morgan fingerprint density at radius 1 is 1.50 bits per heavy atom. The number of benzene rings is 1. The third kappa shape index (κ3) is 4.22. The molecule has 0 spiro atoms. The van der Waals surface area contributed by atoms with E-state index >= 15 is 0 Å². The Labute approximate surface area is 93.6 Å². The molecule has 2 nitrogen and oxygen atoms in total. The van der Waals surface area contributed by atoms with Crippen LogP contribution >= 0.6 is 15.9 Å². The molecule has 14 heavy (non-hydrogen) atoms. The Bertz CT molecular complexity index is 278. The predicted molar refractivity (Wildman–Crippen MR) is 62.3 cm³/mol. The van der Waals surface area contributed by atoms with Crippen molar-refractivity contribution >= 4 is 15.9 Å². The van der Waals surface area contributed by atoms with E-state index in [1.165, 1.54) is 5.56 Å². The van der Waals surface area contributed by atoms with Crippen LogP contribution in [0.2, 0.25) is 0 Å². The Kier molecular flexibility index (Phi) is 5.15. The van der Waals surface area contributed by atoms with Gasteiger partial charge in [0.05, 0.1) is 0 Å². The summed E-state index contributed by atoms with van der Waals surface area (Å²) in [5, 5.41) is 0. The summed E-state index contributed by atoms with van der Waals surface area (Å²) in [5.41, 5.74) is 7.21. The summed E-state index contributed by atoms with van der Waals surface area (Å²) < 4.78 is 6.09. The van der Waals surface area contributed by atoms with E-state index < -0.39 is 0 Å². The molecule has 0 saturated heterocycles. The third-order valence-electron chi connectivity index (χ3n) is 2.08. The first-order chi connectivity index (χ1) is 6.72. The van der Waals surface area contributed by atoms with E-state index in [9.17, 15) is 0 Å². The van der Waals surface area contributed by atoms with Crippen LogP contribution in [0, 0.1) is 0 Å². The fourth-order valence-corrected chi connectivity index (χ4v) is 1.78. The minimum Gasteiger partial charge on any atom is -0.385 e. The standard InChI is InChI=1S/C11H16BrNO/c1-14-6-5-11(13)8-9-3-2-4-10(12)7-9/h2-4,7,11H,5-6,8,13H2,1H3. The summed E-state index contributed by atoms with van der Waals surface area (Å²) in [6.07, 6.45) is 1.81. The van der Waals surface area contributed by atoms with Crippen LogP contribution < -0.4 is 5.73 Å². The van der Waals surface area contributed by atoms with Crippen molar-refractivity contribution in [1.82, 2.24) is 0 Å². The highest BCUT2D eigenvalue weighted by Crippen LogP contribution is 2.13. The number of rotatable bonds is 5. The van der Waals surface area contributed by atoms with Crippen molar-refractivity contribution in [2.24, 2.45) is 5.73 Å². The van der Waals surface area contributed by atoms with Gasteiger partial charge in [-0.1, -0.05) is 28.1 Å². The first-order valence-electron chi connectivity index (χ1n) is 4.71. The van der Waals surface area contributed by atoms with Gasteiger partial charge in [0.15, 0.2) is 0 Å². The van der Waals surface area contributed by atoms with Crippen LogP contribution in [-0.2, 0) is 11.2 Å². The van der Waals surface area contributed by atoms with Crippen LogP contribution in [0.15, 0.2) is 28.7 Å². The number of ether oxygens (including phenoxy) is 1. The summed E-state index contributed by atoms with van der Waals surface area (Å²) in [6, 6.07) is 8.43. The van der Waals surface area contributed by atoms with E-state index in [-0.39, 0.29) is 6.04 Å². The van der Waals surface area contributed by atoms with E-state index in [0.717, 1.165) is 23.9 Å². The summed E-state index contributed by atoms with van der Waals surface area (Å²) in [6.45, 7) is 0.731. The van der Waals surface area contributed by atoms with Crippen molar-refractivity contribution < 1.29 is 4.74 Å². The number of methoxy groups -OCH3 is 1. The molecule has 0 aliphatic rings. The SMILES string of the molecule is COCCC(N)Cc1cccc(Br)c1. The fraction of sp³-hybridized carbons (Fsp3) is 0.455. The number of nitrogens with two attached hydrogens (primary N) is 1. The second-order valence-corrected chi connectivity index (χ2v) is 4.29. The van der Waals surface area contributed by atoms with Crippen molar-refractivity contribution in [3.8, 4) is 0 Å². The molecule has 0 aliphatic carbocycles. The van der Waals surface area contributed by atoms with E-state index in [1.54, 1.807) is 7.11 Å². The Morgan fingerprint density at radius 2 is 2.29 bits per heavy atom. The van der Waals surface area contributed by atoms with Gasteiger partial charge >= 0.3 is 0 Å². The number of halogens is 1. The number of hydrogen-bond acceptors (Lipinski definition) is 2. The Hall–Kier alpha value is -0.380. The molecule has 1 aromatic carbocycles. The van der Waals surface area contributed by atoms with Gasteiger partial charge in [-0.05, 0) is 30.5 Å². The highest BCUT2D eigenvalue weighted by atomic mass is 79.9. The van der Waals surface area contributed by atoms with Crippen LogP contribution in [0.5, 0.6) is 0 Å². The lowest BCUT2D eigenvalue weighted by Gasteiger charge is -2.10. The van der Waals surface area contributed by atoms with Crippen molar-refractivity contribution in [2.75, 3.05) is 13.7 Å². The van der Waals surface area contributed by atoms with Crippen LogP contribution in [0.1, 0.15) is 12.0 Å². The second-order valence-electron chi connectivity index (χ2n) is 3.38. The van der Waals surface area contributed by atoms with E-state index in [1.807, 2.05) is 12.1 Å². The van der Waals surface area contributed by atoms with Gasteiger partial charge in [0.1, 0.15) is 0 Å². The van der Waals surface area contributed by atoms with E-state index in [0.29, 0.717) is 0 Å². The monoisotopic (exact) mass is 257 g/mol. The smallest absolute Gasteiger partial charge is 0.0477 e. The van der Waals surface area contributed by atoms with Crippen LogP contribution in [0.4, 0.5) is 0 Å². The largest absolute Gasteiger partial charge is 0.385 e. The van der Waals surface area contributed by atoms with E-state index in [2.05, 4.69) is 28.1 Å². The Balaban J connectivity index is 2.43. The lowest BCUT2D eigenvalue weighted by atomic mass is 10.0. The van der Waals surface area contributed by atoms with Gasteiger partial charge in [-0.15, -0.1) is 0 Å². The summed E-state index contributed by atoms with van der Waals surface area (Å²) in [5.74, 6) is 0. The zero-order chi connectivity index (χ0) is 10.4. The summed E-state index contributed by atoms with van der Waals surface area (Å²) in [7, 11) is 1.70. The number of hydrogen-bond donors (Lipinski definition) is 1. The average molecular weight is 258 g/mol. The Morgan fingerprint density at radius 3 is 2.93 bits per heavy atom. The van der Waals surface area contributed by atoms with Crippen LogP contribution in [0.25, 0.3) is 0 Å². The average Bonchev–Trinajstić information content (AvgIpc) is 2.15. The zero-order valence-corrected chi connectivity index (χ0v) is 9.96. The lowest BCUT2D eigenvalue weighted by Crippen LogP contribution is -2.24. The maximum atomic E-state index is 5.95. The molecule has 1 aromatic rings. The van der Waals surface area contributed by atoms with Gasteiger partial charge in [0.2, 0.25) is 0 Å². The van der Waals surface area contributed by atoms with Gasteiger partial charge in [-0.3, -0.25) is 0 Å². The van der Waals surface area contributed by atoms with Crippen LogP contribution in [0.3, 0.4) is 0 Å². The molecule has 1 rings (SSSR count). The topological polar surface area (TPSA) is 35.2 Å². The highest BCUT2D eigenvalue weighted by Gasteiger charge is 2.03. The summed E-state index contributed by atoms with van der Waals surface area (Å²) >= 11 is 3.44. The van der Waals surface area contributed by atoms with Crippen molar-refractivity contribution in [1.29, 1.82) is 0 Å². The predicted octanol–water partition coefficient (Wildman–Crippen LogP) is 2.36. The van der Waals surface area contributed by atoms with Gasteiger partial charge in [-0.25, -0.2) is 0 Å². The molecule has 1 unspecified atom stereocenters. The molecular weight excluding hydrogens is 242 g/mol. The molecule has 0 heterocycles. The van der Waals surface area contributed by atoms with Gasteiger partial charge < -0.3 is 10.5 Å². The molecule has 2 N–H and O–H groups in total. The molecule has 0 bridgehead atoms. The third-order valence-corrected chi connectivity index (χ3v) is 2.57. The molecule has 1 atom stereocenters. The second kappa shape index (κ2) is 6.17. The van der Waals surface area contributed by atoms with Crippen LogP contribution in [-0.4, -0.2) is 19.8 Å². The molecule has 0 amide bonds. The van der Waals surface area contributed by atoms with Gasteiger partial charge in [0.25, 0.3) is 0 Å². The molecule has 0 saturated carbocycles. The van der Waals surface area contributed by atoms with Gasteiger partial charge in [-0.2, -0.15) is 0 Å². The maximum absolute atomic E-state index is 5.95. The molecule has 0 fully saturated rings. The zero-order valence-electron chi connectivity index (χ0n) is 8.37. The summed E-state index contributed by atoms with van der Waals surface area (Å²) in [4.78, 5) is 0. The quantitative estimate of drug-likeness (QED) is 0.879. The van der Waals surface area contributed by atoms with E-state index in [4.69, 9.17) is 10.5 Å². The van der Waals surface area contributed by atoms with Gasteiger partial charge in [0, 0.05) is 24.2 Å². The fourth-order valence-electron chi connectivity index (χ4n) is 1.34. The lowest BCUT2D eigenvalue weighted by molar-refractivity contribution is 0.188. The highest BCUT2D eigenvalue weighted by molar-refractivity contribution is 9.10. The minimum absolute atomic E-state index is 0.184. The van der Waals surface area contributed by atoms with Crippen molar-refractivity contribution in [3.63, 3.8) is 0 Å². The molecule has 0 radical (unpaired) electrons. The minimum atomic E-state index is 0.184.